The van der Waals surface area contributed by atoms with Crippen molar-refractivity contribution in [2.24, 2.45) is 0 Å². The highest BCUT2D eigenvalue weighted by molar-refractivity contribution is 6.02. The second kappa shape index (κ2) is 8.89. The molecule has 1 aliphatic heterocycles. The Morgan fingerprint density at radius 1 is 1.10 bits per heavy atom. The van der Waals surface area contributed by atoms with Gasteiger partial charge in [0.2, 0.25) is 5.91 Å². The molecule has 10 nitrogen and oxygen atoms in total. The molecule has 0 saturated carbocycles. The van der Waals surface area contributed by atoms with Crippen molar-refractivity contribution in [1.29, 1.82) is 0 Å². The van der Waals surface area contributed by atoms with Gasteiger partial charge >= 0.3 is 0 Å². The van der Waals surface area contributed by atoms with Crippen LogP contribution in [-0.2, 0) is 9.53 Å². The lowest BCUT2D eigenvalue weighted by molar-refractivity contribution is -0.118. The zero-order valence-corrected chi connectivity index (χ0v) is 16.2. The van der Waals surface area contributed by atoms with Crippen LogP contribution in [0.15, 0.2) is 42.5 Å². The minimum absolute atomic E-state index is 0.317. The maximum atomic E-state index is 12.5. The summed E-state index contributed by atoms with van der Waals surface area (Å²) < 4.78 is 5.35. The van der Waals surface area contributed by atoms with Crippen LogP contribution in [0.2, 0.25) is 0 Å². The molecule has 30 heavy (non-hydrogen) atoms. The Kier molecular flexibility index (Phi) is 5.87. The van der Waals surface area contributed by atoms with Crippen LogP contribution in [0.25, 0.3) is 11.0 Å². The molecule has 0 spiro atoms. The van der Waals surface area contributed by atoms with Crippen molar-refractivity contribution in [2.45, 2.75) is 6.04 Å². The Morgan fingerprint density at radius 3 is 2.57 bits per heavy atom. The number of benzene rings is 2. The highest BCUT2D eigenvalue weighted by Crippen LogP contribution is 2.19. The number of rotatable bonds is 6. The van der Waals surface area contributed by atoms with E-state index in [1.54, 1.807) is 30.3 Å². The molecule has 1 aromatic heterocycles. The molecule has 156 valence electrons. The van der Waals surface area contributed by atoms with Crippen LogP contribution >= 0.6 is 0 Å². The van der Waals surface area contributed by atoms with E-state index < -0.39 is 24.5 Å². The number of ether oxygens (including phenoxy) is 1. The van der Waals surface area contributed by atoms with Gasteiger partial charge in [-0.05, 0) is 42.5 Å². The van der Waals surface area contributed by atoms with Crippen molar-refractivity contribution >= 4 is 34.2 Å². The highest BCUT2D eigenvalue weighted by Gasteiger charge is 2.21. The number of carbonyl (C=O) groups is 2. The number of nitrogens with one attached hydrogen (secondary N) is 3. The first kappa shape index (κ1) is 19.8. The Morgan fingerprint density at radius 2 is 1.83 bits per heavy atom. The first-order valence-electron chi connectivity index (χ1n) is 9.60. The van der Waals surface area contributed by atoms with Gasteiger partial charge in [-0.2, -0.15) is 15.4 Å². The largest absolute Gasteiger partial charge is 0.394 e. The third kappa shape index (κ3) is 4.39. The maximum absolute atomic E-state index is 12.5. The minimum atomic E-state index is -1.09. The van der Waals surface area contributed by atoms with Gasteiger partial charge in [-0.3, -0.25) is 9.59 Å². The molecule has 4 rings (SSSR count). The first-order chi connectivity index (χ1) is 14.6. The molecular weight excluding hydrogens is 388 g/mol. The summed E-state index contributed by atoms with van der Waals surface area (Å²) in [7, 11) is 0. The fourth-order valence-electron chi connectivity index (χ4n) is 3.22. The number of nitrogens with zero attached hydrogens (tertiary/aromatic N) is 3. The van der Waals surface area contributed by atoms with Crippen molar-refractivity contribution in [1.82, 2.24) is 20.7 Å². The zero-order valence-electron chi connectivity index (χ0n) is 16.2. The Hall–Kier alpha value is -3.50. The van der Waals surface area contributed by atoms with Gasteiger partial charge in [0.15, 0.2) is 0 Å². The molecule has 3 aromatic rings. The molecule has 2 heterocycles. The molecule has 0 unspecified atom stereocenters. The molecule has 1 atom stereocenters. The van der Waals surface area contributed by atoms with Crippen LogP contribution in [0.5, 0.6) is 0 Å². The lowest BCUT2D eigenvalue weighted by Crippen LogP contribution is -2.46. The topological polar surface area (TPSA) is 132 Å². The van der Waals surface area contributed by atoms with E-state index in [4.69, 9.17) is 4.74 Å². The number of aromatic nitrogens is 3. The normalized spacial score (nSPS) is 15.0. The zero-order chi connectivity index (χ0) is 20.9. The number of morpholine rings is 1. The van der Waals surface area contributed by atoms with Crippen LogP contribution in [0, 0.1) is 0 Å². The van der Waals surface area contributed by atoms with E-state index in [1.165, 1.54) is 0 Å². The van der Waals surface area contributed by atoms with Crippen molar-refractivity contribution in [3.63, 3.8) is 0 Å². The molecule has 2 aromatic carbocycles. The summed E-state index contributed by atoms with van der Waals surface area (Å²) in [6, 6.07) is 11.1. The number of H-pyrrole nitrogens is 1. The number of fused-ring (bicyclic) bond motifs is 1. The van der Waals surface area contributed by atoms with E-state index >= 15 is 0 Å². The number of amides is 2. The molecule has 0 radical (unpaired) electrons. The third-order valence-corrected chi connectivity index (χ3v) is 4.89. The fourth-order valence-corrected chi connectivity index (χ4v) is 3.22. The summed E-state index contributed by atoms with van der Waals surface area (Å²) in [6.07, 6.45) is 0. The van der Waals surface area contributed by atoms with E-state index in [2.05, 4.69) is 30.9 Å². The second-order valence-electron chi connectivity index (χ2n) is 6.87. The van der Waals surface area contributed by atoms with E-state index in [1.807, 2.05) is 12.1 Å². The van der Waals surface area contributed by atoms with Gasteiger partial charge in [0.1, 0.15) is 17.1 Å². The molecule has 0 bridgehead atoms. The molecule has 4 N–H and O–H groups in total. The monoisotopic (exact) mass is 410 g/mol. The van der Waals surface area contributed by atoms with Crippen LogP contribution in [0.3, 0.4) is 0 Å². The predicted octanol–water partition coefficient (Wildman–Crippen LogP) is 0.524. The number of aliphatic hydroxyl groups is 1. The fraction of sp³-hybridized carbons (Fsp3) is 0.300. The molecule has 1 saturated heterocycles. The Labute approximate surface area is 172 Å². The number of hydrogen-bond donors (Lipinski definition) is 4. The van der Waals surface area contributed by atoms with Crippen molar-refractivity contribution in [3.8, 4) is 0 Å². The average Bonchev–Trinajstić information content (AvgIpc) is 3.26. The lowest BCUT2D eigenvalue weighted by atomic mass is 10.1. The number of carbonyl (C=O) groups excluding carboxylic acids is 2. The van der Waals surface area contributed by atoms with E-state index in [0.717, 1.165) is 18.8 Å². The molecule has 0 aliphatic carbocycles. The van der Waals surface area contributed by atoms with Gasteiger partial charge in [0.05, 0.1) is 19.8 Å². The van der Waals surface area contributed by atoms with Crippen LogP contribution in [0.4, 0.5) is 11.4 Å². The average molecular weight is 410 g/mol. The summed E-state index contributed by atoms with van der Waals surface area (Å²) in [6.45, 7) is 2.50. The number of aromatic amines is 1. The highest BCUT2D eigenvalue weighted by atomic mass is 16.5. The molecule has 1 fully saturated rings. The Bertz CT molecular complexity index is 1030. The summed E-state index contributed by atoms with van der Waals surface area (Å²) >= 11 is 0. The standard InChI is InChI=1S/C20H22N6O4/c27-12-18(22-19(28)13-1-6-16-17(11-13)24-25-23-16)20(29)21-14-2-4-15(5-3-14)26-7-9-30-10-8-26/h1-6,11,18,27H,7-10,12H2,(H,21,29)(H,22,28)(H,23,24,25)/t18-/m0/s1. The maximum Gasteiger partial charge on any atom is 0.252 e. The van der Waals surface area contributed by atoms with Gasteiger partial charge in [0.25, 0.3) is 5.91 Å². The van der Waals surface area contributed by atoms with Gasteiger partial charge in [-0.25, -0.2) is 0 Å². The van der Waals surface area contributed by atoms with Gasteiger partial charge in [0, 0.05) is 30.0 Å². The van der Waals surface area contributed by atoms with Crippen molar-refractivity contribution in [3.05, 3.63) is 48.0 Å². The van der Waals surface area contributed by atoms with Crippen LogP contribution in [0.1, 0.15) is 10.4 Å². The summed E-state index contributed by atoms with van der Waals surface area (Å²) in [4.78, 5) is 27.2. The first-order valence-corrected chi connectivity index (χ1v) is 9.60. The van der Waals surface area contributed by atoms with Crippen molar-refractivity contribution in [2.75, 3.05) is 43.1 Å². The Balaban J connectivity index is 1.37. The molecule has 2 amide bonds. The number of aliphatic hydroxyl groups excluding tert-OH is 1. The predicted molar refractivity (Wildman–Crippen MR) is 110 cm³/mol. The molecule has 1 aliphatic rings. The van der Waals surface area contributed by atoms with Crippen LogP contribution in [-0.4, -0.2) is 71.3 Å². The summed E-state index contributed by atoms with van der Waals surface area (Å²) in [5, 5.41) is 25.2. The smallest absolute Gasteiger partial charge is 0.252 e. The summed E-state index contributed by atoms with van der Waals surface area (Å²) in [5.74, 6) is -0.996. The molecular formula is C20H22N6O4. The van der Waals surface area contributed by atoms with Gasteiger partial charge in [-0.15, -0.1) is 0 Å². The van der Waals surface area contributed by atoms with Crippen LogP contribution < -0.4 is 15.5 Å². The SMILES string of the molecule is O=C(N[C@@H](CO)C(=O)Nc1ccc(N2CCOCC2)cc1)c1ccc2n[nH]nc2c1. The number of hydrogen-bond acceptors (Lipinski definition) is 7. The quantitative estimate of drug-likeness (QED) is 0.466. The van der Waals surface area contributed by atoms with E-state index in [-0.39, 0.29) is 0 Å². The van der Waals surface area contributed by atoms with E-state index in [0.29, 0.717) is 35.5 Å². The third-order valence-electron chi connectivity index (χ3n) is 4.89. The van der Waals surface area contributed by atoms with Crippen molar-refractivity contribution < 1.29 is 19.4 Å². The van der Waals surface area contributed by atoms with Gasteiger partial charge in [-0.1, -0.05) is 0 Å². The summed E-state index contributed by atoms with van der Waals surface area (Å²) in [5.41, 5.74) is 3.11. The number of anilines is 2. The van der Waals surface area contributed by atoms with E-state index in [9.17, 15) is 14.7 Å². The minimum Gasteiger partial charge on any atom is -0.394 e. The molecule has 10 heteroatoms. The lowest BCUT2D eigenvalue weighted by Gasteiger charge is -2.29. The van der Waals surface area contributed by atoms with Gasteiger partial charge < -0.3 is 25.4 Å². The second-order valence-corrected chi connectivity index (χ2v) is 6.87.